The van der Waals surface area contributed by atoms with Gasteiger partial charge in [0.2, 0.25) is 0 Å². The highest BCUT2D eigenvalue weighted by Crippen LogP contribution is 2.40. The fourth-order valence-electron chi connectivity index (χ4n) is 3.81. The summed E-state index contributed by atoms with van der Waals surface area (Å²) in [6.07, 6.45) is -8.35. The van der Waals surface area contributed by atoms with Crippen molar-refractivity contribution in [3.05, 3.63) is 85.0 Å². The Balaban J connectivity index is 1.32. The zero-order valence-electron chi connectivity index (χ0n) is 21.3. The second-order valence-corrected chi connectivity index (χ2v) is 11.1. The minimum absolute atomic E-state index is 0.0845. The van der Waals surface area contributed by atoms with Crippen LogP contribution in [0.3, 0.4) is 0 Å². The van der Waals surface area contributed by atoms with Crippen LogP contribution in [0.25, 0.3) is 22.6 Å². The molecule has 0 saturated carbocycles. The Morgan fingerprint density at radius 2 is 1.15 bits per heavy atom. The number of ether oxygens (including phenoxy) is 3. The Morgan fingerprint density at radius 1 is 0.634 bits per heavy atom. The summed E-state index contributed by atoms with van der Waals surface area (Å²) in [5.41, 5.74) is -2.54. The van der Waals surface area contributed by atoms with E-state index in [-0.39, 0.29) is 23.2 Å². The molecule has 218 valence electrons. The quantitative estimate of drug-likeness (QED) is 0.0910. The molecule has 0 bridgehead atoms. The van der Waals surface area contributed by atoms with Gasteiger partial charge in [0.15, 0.2) is 0 Å². The molecule has 1 heterocycles. The minimum atomic E-state index is -4.94. The fraction of sp³-hybridized carbons (Fsp3) is 0.241. The Bertz CT molecular complexity index is 1450. The smallest absolute Gasteiger partial charge is 0.416 e. The number of methoxy groups -OCH3 is 1. The van der Waals surface area contributed by atoms with Crippen molar-refractivity contribution in [3.63, 3.8) is 0 Å². The molecule has 0 amide bonds. The van der Waals surface area contributed by atoms with Crippen LogP contribution >= 0.6 is 45.2 Å². The average molecular weight is 802 g/mol. The lowest BCUT2D eigenvalue weighted by Crippen LogP contribution is -2.11. The molecule has 4 rings (SSSR count). The zero-order valence-corrected chi connectivity index (χ0v) is 25.7. The first-order valence-electron chi connectivity index (χ1n) is 12.1. The first kappa shape index (κ1) is 31.3. The second-order valence-electron chi connectivity index (χ2n) is 8.80. The summed E-state index contributed by atoms with van der Waals surface area (Å²) in [5.74, 6) is 2.37. The van der Waals surface area contributed by atoms with Crippen molar-refractivity contribution in [1.29, 1.82) is 0 Å². The number of hydrogen-bond acceptors (Lipinski definition) is 4. The van der Waals surface area contributed by atoms with Gasteiger partial charge in [0, 0.05) is 11.1 Å². The normalized spacial score (nSPS) is 11.9. The fourth-order valence-corrected chi connectivity index (χ4v) is 5.07. The van der Waals surface area contributed by atoms with Gasteiger partial charge in [0.1, 0.15) is 28.8 Å². The van der Waals surface area contributed by atoms with Crippen LogP contribution in [0.15, 0.2) is 71.1 Å². The number of halogens is 8. The second kappa shape index (κ2) is 13.1. The van der Waals surface area contributed by atoms with E-state index in [4.69, 9.17) is 18.6 Å². The van der Waals surface area contributed by atoms with E-state index in [1.807, 2.05) is 12.1 Å². The molecule has 0 spiro atoms. The monoisotopic (exact) mass is 802 g/mol. The van der Waals surface area contributed by atoms with E-state index in [1.54, 1.807) is 31.4 Å². The summed E-state index contributed by atoms with van der Waals surface area (Å²) >= 11 is 4.39. The van der Waals surface area contributed by atoms with Gasteiger partial charge in [-0.25, -0.2) is 0 Å². The molecular weight excluding hydrogens is 780 g/mol. The lowest BCUT2D eigenvalue weighted by molar-refractivity contribution is -0.143. The van der Waals surface area contributed by atoms with Crippen LogP contribution in [0.4, 0.5) is 26.3 Å². The maximum absolute atomic E-state index is 13.2. The predicted octanol–water partition coefficient (Wildman–Crippen LogP) is 10.1. The largest absolute Gasteiger partial charge is 0.496 e. The zero-order chi connectivity index (χ0) is 29.8. The van der Waals surface area contributed by atoms with Gasteiger partial charge in [0.25, 0.3) is 0 Å². The van der Waals surface area contributed by atoms with E-state index >= 15 is 0 Å². The lowest BCUT2D eigenvalue weighted by Gasteiger charge is -2.13. The summed E-state index contributed by atoms with van der Waals surface area (Å²) in [7, 11) is 1.62. The van der Waals surface area contributed by atoms with Crippen molar-refractivity contribution in [1.82, 2.24) is 0 Å². The molecule has 0 N–H and O–H groups in total. The van der Waals surface area contributed by atoms with Crippen LogP contribution in [-0.4, -0.2) is 20.3 Å². The number of furan rings is 1. The Kier molecular flexibility index (Phi) is 10.0. The molecule has 0 aliphatic carbocycles. The molecule has 0 saturated heterocycles. The van der Waals surface area contributed by atoms with E-state index in [0.29, 0.717) is 36.7 Å². The number of rotatable bonds is 10. The van der Waals surface area contributed by atoms with E-state index in [2.05, 4.69) is 45.2 Å². The van der Waals surface area contributed by atoms with Crippen LogP contribution in [0.5, 0.6) is 17.2 Å². The summed E-state index contributed by atoms with van der Waals surface area (Å²) < 4.78 is 104. The first-order valence-corrected chi connectivity index (χ1v) is 14.3. The van der Waals surface area contributed by atoms with Crippen LogP contribution in [0.1, 0.15) is 24.0 Å². The van der Waals surface area contributed by atoms with Gasteiger partial charge in [-0.1, -0.05) is 0 Å². The third-order valence-electron chi connectivity index (χ3n) is 5.89. The van der Waals surface area contributed by atoms with Crippen LogP contribution < -0.4 is 14.2 Å². The van der Waals surface area contributed by atoms with Gasteiger partial charge in [-0.05, 0) is 125 Å². The predicted molar refractivity (Wildman–Crippen MR) is 158 cm³/mol. The lowest BCUT2D eigenvalue weighted by atomic mass is 10.0. The van der Waals surface area contributed by atoms with E-state index in [9.17, 15) is 26.3 Å². The van der Waals surface area contributed by atoms with Gasteiger partial charge in [-0.3, -0.25) is 0 Å². The topological polar surface area (TPSA) is 40.8 Å². The molecule has 0 atom stereocenters. The highest BCUT2D eigenvalue weighted by molar-refractivity contribution is 14.1. The Labute approximate surface area is 259 Å². The van der Waals surface area contributed by atoms with Gasteiger partial charge in [0.05, 0.1) is 38.6 Å². The van der Waals surface area contributed by atoms with Gasteiger partial charge >= 0.3 is 12.4 Å². The Hall–Kier alpha value is -2.62. The van der Waals surface area contributed by atoms with Crippen molar-refractivity contribution < 1.29 is 45.0 Å². The molecule has 4 nitrogen and oxygen atoms in total. The Morgan fingerprint density at radius 3 is 1.71 bits per heavy atom. The van der Waals surface area contributed by atoms with Crippen LogP contribution in [0, 0.1) is 7.14 Å². The third-order valence-corrected chi connectivity index (χ3v) is 7.57. The molecule has 3 aromatic carbocycles. The molecule has 0 unspecified atom stereocenters. The van der Waals surface area contributed by atoms with Crippen LogP contribution in [0.2, 0.25) is 0 Å². The highest BCUT2D eigenvalue weighted by atomic mass is 127. The molecule has 0 radical (unpaired) electrons. The van der Waals surface area contributed by atoms with E-state index in [0.717, 1.165) is 31.5 Å². The van der Waals surface area contributed by atoms with Crippen molar-refractivity contribution in [2.75, 3.05) is 20.3 Å². The molecule has 4 aromatic rings. The number of unbranched alkanes of at least 4 members (excludes halogenated alkanes) is 1. The van der Waals surface area contributed by atoms with Gasteiger partial charge in [-0.2, -0.15) is 26.3 Å². The van der Waals surface area contributed by atoms with E-state index in [1.165, 1.54) is 12.1 Å². The molecular formula is C29H22F6I2O4. The molecule has 12 heteroatoms. The molecule has 1 aromatic heterocycles. The van der Waals surface area contributed by atoms with Crippen LogP contribution in [-0.2, 0) is 12.4 Å². The molecule has 0 aliphatic heterocycles. The average Bonchev–Trinajstić information content (AvgIpc) is 3.42. The summed E-state index contributed by atoms with van der Waals surface area (Å²) in [6, 6.07) is 14.9. The van der Waals surface area contributed by atoms with Crippen molar-refractivity contribution in [2.24, 2.45) is 0 Å². The SMILES string of the molecule is COc1cc(I)c(OCCCCOc2ccc(-c3ccc(-c4cc(C(F)(F)F)cc(C(F)(F)F)c4)o3)cc2)cc1I. The standard InChI is InChI=1S/C29H22F6I2O4/c1-38-26-15-23(37)27(16-22(26)36)40-11-3-2-10-39-21-6-4-17(5-7-21)24-8-9-25(41-24)18-12-19(28(30,31)32)14-20(13-18)29(33,34)35/h4-9,12-16H,2-3,10-11H2,1H3. The maximum atomic E-state index is 13.2. The van der Waals surface area contributed by atoms with Crippen molar-refractivity contribution in [2.45, 2.75) is 25.2 Å². The maximum Gasteiger partial charge on any atom is 0.416 e. The van der Waals surface area contributed by atoms with Crippen molar-refractivity contribution in [3.8, 4) is 39.9 Å². The number of hydrogen-bond donors (Lipinski definition) is 0. The van der Waals surface area contributed by atoms with E-state index < -0.39 is 23.5 Å². The third kappa shape index (κ3) is 8.23. The number of alkyl halides is 6. The minimum Gasteiger partial charge on any atom is -0.496 e. The first-order chi connectivity index (χ1) is 19.3. The summed E-state index contributed by atoms with van der Waals surface area (Å²) in [4.78, 5) is 0. The molecule has 0 aliphatic rings. The van der Waals surface area contributed by atoms with Gasteiger partial charge in [-0.15, -0.1) is 0 Å². The highest BCUT2D eigenvalue weighted by Gasteiger charge is 2.37. The summed E-state index contributed by atoms with van der Waals surface area (Å²) in [5, 5.41) is 0. The number of benzene rings is 3. The molecule has 0 fully saturated rings. The molecule has 41 heavy (non-hydrogen) atoms. The van der Waals surface area contributed by atoms with Crippen molar-refractivity contribution >= 4 is 45.2 Å². The van der Waals surface area contributed by atoms with Gasteiger partial charge < -0.3 is 18.6 Å². The summed E-state index contributed by atoms with van der Waals surface area (Å²) in [6.45, 7) is 0.986.